The molecular formula is C22H19F6N3O3. The number of ether oxygens (including phenoxy) is 3. The third kappa shape index (κ3) is 4.31. The zero-order valence-corrected chi connectivity index (χ0v) is 17.9. The molecule has 1 unspecified atom stereocenters. The normalized spacial score (nSPS) is 18.1. The van der Waals surface area contributed by atoms with E-state index in [-0.39, 0.29) is 30.6 Å². The van der Waals surface area contributed by atoms with Gasteiger partial charge in [0.15, 0.2) is 5.96 Å². The predicted octanol–water partition coefficient (Wildman–Crippen LogP) is 4.89. The number of methoxy groups -OCH3 is 2. The number of nitrogens with zero attached hydrogens (tertiary/aromatic N) is 1. The summed E-state index contributed by atoms with van der Waals surface area (Å²) in [5.74, 6) is 0.911. The van der Waals surface area contributed by atoms with Crippen molar-refractivity contribution in [1.82, 2.24) is 5.32 Å². The number of nitrogens with two attached hydrogens (primary N) is 1. The highest BCUT2D eigenvalue weighted by Gasteiger charge is 2.39. The van der Waals surface area contributed by atoms with Gasteiger partial charge in [-0.3, -0.25) is 0 Å². The summed E-state index contributed by atoms with van der Waals surface area (Å²) in [5.41, 5.74) is 3.92. The molecule has 0 aromatic heterocycles. The number of fused-ring (bicyclic) bond motifs is 2. The van der Waals surface area contributed by atoms with E-state index in [2.05, 4.69) is 10.3 Å². The van der Waals surface area contributed by atoms with Gasteiger partial charge in [0.25, 0.3) is 0 Å². The average molecular weight is 487 g/mol. The second-order valence-electron chi connectivity index (χ2n) is 7.58. The van der Waals surface area contributed by atoms with Crippen molar-refractivity contribution in [3.05, 3.63) is 58.2 Å². The Kier molecular flexibility index (Phi) is 5.78. The van der Waals surface area contributed by atoms with Crippen molar-refractivity contribution >= 4 is 11.7 Å². The number of aliphatic imine (C=N–C) groups is 1. The lowest BCUT2D eigenvalue weighted by Gasteiger charge is -2.28. The Balaban J connectivity index is 1.95. The molecule has 0 saturated heterocycles. The van der Waals surface area contributed by atoms with Crippen molar-refractivity contribution in [3.8, 4) is 17.2 Å². The minimum Gasteiger partial charge on any atom is -0.496 e. The topological polar surface area (TPSA) is 78.1 Å². The molecule has 4 rings (SSSR count). The van der Waals surface area contributed by atoms with E-state index in [9.17, 15) is 26.3 Å². The van der Waals surface area contributed by atoms with Gasteiger partial charge in [0.2, 0.25) is 0 Å². The third-order valence-corrected chi connectivity index (χ3v) is 5.47. The molecule has 6 nitrogen and oxygen atoms in total. The highest BCUT2D eigenvalue weighted by Crippen LogP contribution is 2.47. The standard InChI is InChI=1S/C22H19F6N3O3/c1-32-13-8-15(33-2)17-16(9-13)34-4-3-14-18(30-20(29)31-19(14)17)10-5-11(21(23,24)25)7-12(6-10)22(26,27)28/h5-9,18H,3-4H2,1-2H3,(H3,29,30,31). The molecule has 2 heterocycles. The van der Waals surface area contributed by atoms with Crippen LogP contribution in [0.5, 0.6) is 17.2 Å². The van der Waals surface area contributed by atoms with Gasteiger partial charge in [-0.25, -0.2) is 4.99 Å². The van der Waals surface area contributed by atoms with Gasteiger partial charge in [-0.05, 0) is 29.3 Å². The number of rotatable bonds is 3. The smallest absolute Gasteiger partial charge is 0.416 e. The van der Waals surface area contributed by atoms with E-state index in [1.807, 2.05) is 0 Å². The molecule has 0 fully saturated rings. The summed E-state index contributed by atoms with van der Waals surface area (Å²) in [7, 11) is 2.86. The van der Waals surface area contributed by atoms with Gasteiger partial charge >= 0.3 is 12.4 Å². The number of benzene rings is 2. The second-order valence-corrected chi connectivity index (χ2v) is 7.58. The van der Waals surface area contributed by atoms with Crippen molar-refractivity contribution in [2.45, 2.75) is 24.8 Å². The zero-order chi connectivity index (χ0) is 24.8. The molecular weight excluding hydrogens is 468 g/mol. The summed E-state index contributed by atoms with van der Waals surface area (Å²) in [6.07, 6.45) is -9.83. The van der Waals surface area contributed by atoms with E-state index in [1.165, 1.54) is 14.2 Å². The number of guanidine groups is 1. The molecule has 2 aliphatic rings. The van der Waals surface area contributed by atoms with Crippen LogP contribution in [-0.4, -0.2) is 26.8 Å². The Bertz CT molecular complexity index is 1160. The van der Waals surface area contributed by atoms with Crippen LogP contribution in [0.25, 0.3) is 5.70 Å². The molecule has 0 spiro atoms. The van der Waals surface area contributed by atoms with Gasteiger partial charge < -0.3 is 25.3 Å². The van der Waals surface area contributed by atoms with Gasteiger partial charge in [0.05, 0.1) is 43.2 Å². The number of hydrogen-bond donors (Lipinski definition) is 2. The third-order valence-electron chi connectivity index (χ3n) is 5.47. The first-order valence-corrected chi connectivity index (χ1v) is 9.94. The number of halogens is 6. The summed E-state index contributed by atoms with van der Waals surface area (Å²) in [5, 5.41) is 2.88. The number of hydrogen-bond acceptors (Lipinski definition) is 6. The fourth-order valence-corrected chi connectivity index (χ4v) is 3.97. The maximum absolute atomic E-state index is 13.4. The van der Waals surface area contributed by atoms with Gasteiger partial charge in [-0.2, -0.15) is 26.3 Å². The Morgan fingerprint density at radius 1 is 0.971 bits per heavy atom. The molecule has 2 aromatic carbocycles. The molecule has 12 heteroatoms. The van der Waals surface area contributed by atoms with Crippen molar-refractivity contribution < 1.29 is 40.6 Å². The highest BCUT2D eigenvalue weighted by molar-refractivity contribution is 5.94. The molecule has 0 amide bonds. The molecule has 0 aliphatic carbocycles. The summed E-state index contributed by atoms with van der Waals surface area (Å²) in [6, 6.07) is 3.35. The lowest BCUT2D eigenvalue weighted by atomic mass is 9.89. The lowest BCUT2D eigenvalue weighted by molar-refractivity contribution is -0.143. The molecule has 182 valence electrons. The van der Waals surface area contributed by atoms with E-state index >= 15 is 0 Å². The van der Waals surface area contributed by atoms with Gasteiger partial charge in [0, 0.05) is 18.6 Å². The van der Waals surface area contributed by atoms with Crippen LogP contribution in [0.3, 0.4) is 0 Å². The molecule has 3 N–H and O–H groups in total. The minimum absolute atomic E-state index is 0.0771. The highest BCUT2D eigenvalue weighted by atomic mass is 19.4. The fourth-order valence-electron chi connectivity index (χ4n) is 3.97. The zero-order valence-electron chi connectivity index (χ0n) is 17.9. The first kappa shape index (κ1) is 23.6. The van der Waals surface area contributed by atoms with Crippen LogP contribution in [0.1, 0.15) is 34.7 Å². The van der Waals surface area contributed by atoms with Crippen molar-refractivity contribution in [1.29, 1.82) is 0 Å². The van der Waals surface area contributed by atoms with E-state index in [4.69, 9.17) is 19.9 Å². The maximum atomic E-state index is 13.4. The van der Waals surface area contributed by atoms with Gasteiger partial charge in [0.1, 0.15) is 23.3 Å². The second kappa shape index (κ2) is 8.33. The molecule has 2 aliphatic heterocycles. The van der Waals surface area contributed by atoms with Gasteiger partial charge in [-0.1, -0.05) is 0 Å². The number of nitrogens with one attached hydrogen (secondary N) is 1. The average Bonchev–Trinajstić information content (AvgIpc) is 2.95. The fraction of sp³-hybridized carbons (Fsp3) is 0.318. The molecule has 0 saturated carbocycles. The Labute approximate surface area is 190 Å². The monoisotopic (exact) mass is 487 g/mol. The summed E-state index contributed by atoms with van der Waals surface area (Å²) < 4.78 is 97.2. The van der Waals surface area contributed by atoms with Crippen LogP contribution < -0.4 is 25.3 Å². The van der Waals surface area contributed by atoms with E-state index in [1.54, 1.807) is 12.1 Å². The van der Waals surface area contributed by atoms with Crippen LogP contribution in [0.2, 0.25) is 0 Å². The maximum Gasteiger partial charge on any atom is 0.416 e. The Hall–Kier alpha value is -3.57. The molecule has 2 aromatic rings. The van der Waals surface area contributed by atoms with Crippen LogP contribution >= 0.6 is 0 Å². The molecule has 0 bridgehead atoms. The number of alkyl halides is 6. The van der Waals surface area contributed by atoms with E-state index in [0.717, 1.165) is 0 Å². The van der Waals surface area contributed by atoms with Crippen LogP contribution in [0.15, 0.2) is 40.9 Å². The Morgan fingerprint density at radius 2 is 1.62 bits per heavy atom. The van der Waals surface area contributed by atoms with Crippen molar-refractivity contribution in [2.24, 2.45) is 10.7 Å². The van der Waals surface area contributed by atoms with E-state index in [0.29, 0.717) is 46.2 Å². The summed E-state index contributed by atoms with van der Waals surface area (Å²) in [4.78, 5) is 4.16. The van der Waals surface area contributed by atoms with Crippen molar-refractivity contribution in [3.63, 3.8) is 0 Å². The summed E-state index contributed by atoms with van der Waals surface area (Å²) >= 11 is 0. The largest absolute Gasteiger partial charge is 0.496 e. The lowest BCUT2D eigenvalue weighted by Crippen LogP contribution is -2.35. The minimum atomic E-state index is -4.99. The van der Waals surface area contributed by atoms with Crippen LogP contribution in [0.4, 0.5) is 26.3 Å². The quantitative estimate of drug-likeness (QED) is 0.603. The van der Waals surface area contributed by atoms with Crippen LogP contribution in [-0.2, 0) is 12.4 Å². The summed E-state index contributed by atoms with van der Waals surface area (Å²) in [6.45, 7) is 0.0842. The molecule has 0 radical (unpaired) electrons. The first-order valence-electron chi connectivity index (χ1n) is 9.94. The SMILES string of the molecule is COc1cc(OC)c2c(c1)OCCC1=C2NC(N)=NC1c1cc(C(F)(F)F)cc(C(F)(F)F)c1. The first-order chi connectivity index (χ1) is 15.9. The molecule has 34 heavy (non-hydrogen) atoms. The van der Waals surface area contributed by atoms with Crippen LogP contribution in [0, 0.1) is 0 Å². The Morgan fingerprint density at radius 3 is 2.18 bits per heavy atom. The van der Waals surface area contributed by atoms with Crippen molar-refractivity contribution in [2.75, 3.05) is 20.8 Å². The molecule has 1 atom stereocenters. The van der Waals surface area contributed by atoms with E-state index < -0.39 is 29.5 Å². The predicted molar refractivity (Wildman–Crippen MR) is 111 cm³/mol. The van der Waals surface area contributed by atoms with Gasteiger partial charge in [-0.15, -0.1) is 0 Å².